The molecule has 142 valence electrons. The van der Waals surface area contributed by atoms with Crippen molar-refractivity contribution in [1.82, 2.24) is 0 Å². The SMILES string of the molecule is CCCCCCCC[N+](C)(C)CCCCCCC.O=P(O)(O)O. The quantitative estimate of drug-likeness (QED) is 0.259. The first kappa shape index (κ1) is 25.3. The fraction of sp³-hybridized carbons (Fsp3) is 1.00. The summed E-state index contributed by atoms with van der Waals surface area (Å²) in [5, 5.41) is 0. The molecule has 0 amide bonds. The Bertz CT molecular complexity index is 284. The summed E-state index contributed by atoms with van der Waals surface area (Å²) in [7, 11) is 0.178. The van der Waals surface area contributed by atoms with E-state index in [1.54, 1.807) is 0 Å². The van der Waals surface area contributed by atoms with Crippen molar-refractivity contribution in [2.24, 2.45) is 0 Å². The zero-order valence-corrected chi connectivity index (χ0v) is 16.7. The minimum atomic E-state index is -4.64. The molecule has 0 saturated heterocycles. The Hall–Kier alpha value is 0.0700. The van der Waals surface area contributed by atoms with Crippen LogP contribution in [0.15, 0.2) is 0 Å². The number of unbranched alkanes of at least 4 members (excludes halogenated alkanes) is 9. The maximum Gasteiger partial charge on any atom is 0.466 e. The molecule has 0 aliphatic heterocycles. The normalized spacial score (nSPS) is 12.0. The average Bonchev–Trinajstić information content (AvgIpc) is 2.40. The summed E-state index contributed by atoms with van der Waals surface area (Å²) in [6.45, 7) is 7.33. The molecule has 0 saturated carbocycles. The number of hydrogen-bond acceptors (Lipinski definition) is 1. The van der Waals surface area contributed by atoms with Crippen molar-refractivity contribution < 1.29 is 23.7 Å². The monoisotopic (exact) mass is 354 g/mol. The van der Waals surface area contributed by atoms with Crippen LogP contribution in [0.1, 0.15) is 84.5 Å². The molecule has 0 spiro atoms. The van der Waals surface area contributed by atoms with E-state index in [1.807, 2.05) is 0 Å². The average molecular weight is 354 g/mol. The number of phosphoric acid groups is 1. The van der Waals surface area contributed by atoms with E-state index in [4.69, 9.17) is 19.2 Å². The lowest BCUT2D eigenvalue weighted by Crippen LogP contribution is -2.41. The van der Waals surface area contributed by atoms with Gasteiger partial charge in [-0.25, -0.2) is 4.57 Å². The van der Waals surface area contributed by atoms with Gasteiger partial charge >= 0.3 is 7.82 Å². The van der Waals surface area contributed by atoms with E-state index in [-0.39, 0.29) is 0 Å². The van der Waals surface area contributed by atoms with Crippen LogP contribution in [0.2, 0.25) is 0 Å². The molecule has 5 nitrogen and oxygen atoms in total. The van der Waals surface area contributed by atoms with E-state index in [9.17, 15) is 0 Å². The highest BCUT2D eigenvalue weighted by atomic mass is 31.2. The number of quaternary nitrogens is 1. The molecule has 6 heteroatoms. The second kappa shape index (κ2) is 15.6. The van der Waals surface area contributed by atoms with Crippen LogP contribution in [0.5, 0.6) is 0 Å². The number of nitrogens with zero attached hydrogens (tertiary/aromatic N) is 1. The van der Waals surface area contributed by atoms with Gasteiger partial charge in [0.25, 0.3) is 0 Å². The molecular weight excluding hydrogens is 313 g/mol. The van der Waals surface area contributed by atoms with Gasteiger partial charge in [0.2, 0.25) is 0 Å². The van der Waals surface area contributed by atoms with Crippen LogP contribution >= 0.6 is 7.82 Å². The van der Waals surface area contributed by atoms with Gasteiger partial charge in [0.1, 0.15) is 0 Å². The van der Waals surface area contributed by atoms with Gasteiger partial charge in [-0.3, -0.25) is 0 Å². The molecule has 0 rings (SSSR count). The summed E-state index contributed by atoms with van der Waals surface area (Å²) in [5.41, 5.74) is 0. The van der Waals surface area contributed by atoms with Gasteiger partial charge in [-0.05, 0) is 25.7 Å². The Kier molecular flexibility index (Phi) is 17.2. The Morgan fingerprint density at radius 3 is 1.22 bits per heavy atom. The molecular formula is C17H41NO4P+. The fourth-order valence-corrected chi connectivity index (χ4v) is 2.58. The third-order valence-corrected chi connectivity index (χ3v) is 3.98. The number of hydrogen-bond donors (Lipinski definition) is 3. The lowest BCUT2D eigenvalue weighted by molar-refractivity contribution is -0.890. The van der Waals surface area contributed by atoms with E-state index in [0.717, 1.165) is 0 Å². The molecule has 23 heavy (non-hydrogen) atoms. The van der Waals surface area contributed by atoms with E-state index < -0.39 is 7.82 Å². The predicted octanol–water partition coefficient (Wildman–Crippen LogP) is 4.47. The van der Waals surface area contributed by atoms with Gasteiger partial charge in [0, 0.05) is 0 Å². The Labute approximate surface area is 143 Å². The first-order valence-corrected chi connectivity index (χ1v) is 10.8. The van der Waals surface area contributed by atoms with Crippen LogP contribution in [0, 0.1) is 0 Å². The molecule has 0 fully saturated rings. The summed E-state index contributed by atoms with van der Waals surface area (Å²) in [4.78, 5) is 21.6. The zero-order valence-electron chi connectivity index (χ0n) is 15.8. The maximum atomic E-state index is 8.88. The summed E-state index contributed by atoms with van der Waals surface area (Å²) < 4.78 is 10.1. The Morgan fingerprint density at radius 2 is 0.913 bits per heavy atom. The molecule has 3 N–H and O–H groups in total. The van der Waals surface area contributed by atoms with Crippen molar-refractivity contribution >= 4 is 7.82 Å². The van der Waals surface area contributed by atoms with Gasteiger partial charge in [0.05, 0.1) is 27.2 Å². The van der Waals surface area contributed by atoms with Crippen molar-refractivity contribution in [1.29, 1.82) is 0 Å². The summed E-state index contributed by atoms with van der Waals surface area (Å²) in [6.07, 6.45) is 15.6. The van der Waals surface area contributed by atoms with Crippen molar-refractivity contribution in [3.05, 3.63) is 0 Å². The third kappa shape index (κ3) is 30.5. The summed E-state index contributed by atoms with van der Waals surface area (Å²) >= 11 is 0. The fourth-order valence-electron chi connectivity index (χ4n) is 2.58. The van der Waals surface area contributed by atoms with Crippen LogP contribution in [0.3, 0.4) is 0 Å². The smallest absolute Gasteiger partial charge is 0.328 e. The maximum absolute atomic E-state index is 8.88. The highest BCUT2D eigenvalue weighted by molar-refractivity contribution is 7.45. The highest BCUT2D eigenvalue weighted by Gasteiger charge is 2.13. The van der Waals surface area contributed by atoms with Crippen molar-refractivity contribution in [2.45, 2.75) is 84.5 Å². The minimum absolute atomic E-state index is 1.24. The Balaban J connectivity index is 0. The predicted molar refractivity (Wildman–Crippen MR) is 98.2 cm³/mol. The second-order valence-corrected chi connectivity index (χ2v) is 8.10. The third-order valence-electron chi connectivity index (χ3n) is 3.98. The lowest BCUT2D eigenvalue weighted by Gasteiger charge is -2.30. The van der Waals surface area contributed by atoms with E-state index >= 15 is 0 Å². The van der Waals surface area contributed by atoms with Crippen LogP contribution in [0.4, 0.5) is 0 Å². The van der Waals surface area contributed by atoms with Crippen molar-refractivity contribution in [3.8, 4) is 0 Å². The standard InChI is InChI=1S/C17H38N.H3O4P/c1-5-7-9-11-13-15-17-18(3,4)16-14-12-10-8-6-2;1-5(2,3)4/h5-17H2,1-4H3;(H3,1,2,3,4)/q+1;. The lowest BCUT2D eigenvalue weighted by atomic mass is 10.1. The van der Waals surface area contributed by atoms with Crippen molar-refractivity contribution in [2.75, 3.05) is 27.2 Å². The topological polar surface area (TPSA) is 77.8 Å². The first-order chi connectivity index (χ1) is 10.6. The molecule has 0 aromatic carbocycles. The van der Waals surface area contributed by atoms with Gasteiger partial charge in [-0.1, -0.05) is 58.8 Å². The summed E-state index contributed by atoms with van der Waals surface area (Å²) in [6, 6.07) is 0. The van der Waals surface area contributed by atoms with Crippen LogP contribution in [-0.4, -0.2) is 46.3 Å². The Morgan fingerprint density at radius 1 is 0.652 bits per heavy atom. The van der Waals surface area contributed by atoms with Gasteiger partial charge in [-0.15, -0.1) is 0 Å². The molecule has 0 atom stereocenters. The highest BCUT2D eigenvalue weighted by Crippen LogP contribution is 2.25. The summed E-state index contributed by atoms with van der Waals surface area (Å²) in [5.74, 6) is 0. The second-order valence-electron chi connectivity index (χ2n) is 7.08. The van der Waals surface area contributed by atoms with Crippen molar-refractivity contribution in [3.63, 3.8) is 0 Å². The molecule has 0 unspecified atom stereocenters. The molecule has 0 aromatic heterocycles. The van der Waals surface area contributed by atoms with Gasteiger partial charge < -0.3 is 19.2 Å². The molecule has 0 aliphatic carbocycles. The van der Waals surface area contributed by atoms with Crippen LogP contribution in [0.25, 0.3) is 0 Å². The number of rotatable bonds is 13. The van der Waals surface area contributed by atoms with E-state index in [0.29, 0.717) is 0 Å². The molecule has 0 bridgehead atoms. The van der Waals surface area contributed by atoms with Gasteiger partial charge in [0.15, 0.2) is 0 Å². The largest absolute Gasteiger partial charge is 0.466 e. The molecule has 0 aliphatic rings. The zero-order chi connectivity index (χ0) is 18.2. The van der Waals surface area contributed by atoms with Crippen LogP contribution < -0.4 is 0 Å². The van der Waals surface area contributed by atoms with Crippen LogP contribution in [-0.2, 0) is 4.57 Å². The minimum Gasteiger partial charge on any atom is -0.328 e. The van der Waals surface area contributed by atoms with E-state index in [1.165, 1.54) is 88.2 Å². The van der Waals surface area contributed by atoms with E-state index in [2.05, 4.69) is 27.9 Å². The van der Waals surface area contributed by atoms with Gasteiger partial charge in [-0.2, -0.15) is 0 Å². The first-order valence-electron chi connectivity index (χ1n) is 9.22. The molecule has 0 aromatic rings. The molecule has 0 radical (unpaired) electrons. The molecule has 0 heterocycles.